The first-order chi connectivity index (χ1) is 10.1. The third-order valence-corrected chi connectivity index (χ3v) is 3.90. The zero-order valence-corrected chi connectivity index (χ0v) is 13.8. The molecule has 0 unspecified atom stereocenters. The lowest BCUT2D eigenvalue weighted by molar-refractivity contribution is -0.122. The Bertz CT molecular complexity index is 633. The molecule has 110 valence electrons. The third kappa shape index (κ3) is 4.22. The molecule has 2 rings (SSSR count). The minimum atomic E-state index is -0.600. The van der Waals surface area contributed by atoms with E-state index < -0.39 is 6.10 Å². The number of benzene rings is 2. The molecule has 0 aliphatic heterocycles. The highest BCUT2D eigenvalue weighted by atomic mass is 79.9. The summed E-state index contributed by atoms with van der Waals surface area (Å²) >= 11 is 9.45. The molecule has 1 amide bonds. The number of halogens is 2. The zero-order valence-electron chi connectivity index (χ0n) is 11.5. The SMILES string of the molecule is CC[C@H](Oc1ccccc1Cl)C(=O)Nc1ccccc1Br. The summed E-state index contributed by atoms with van der Waals surface area (Å²) in [6, 6.07) is 14.5. The molecule has 0 saturated carbocycles. The maximum Gasteiger partial charge on any atom is 0.265 e. The van der Waals surface area contributed by atoms with Crippen molar-refractivity contribution in [2.75, 3.05) is 5.32 Å². The van der Waals surface area contributed by atoms with Crippen molar-refractivity contribution in [3.05, 3.63) is 58.0 Å². The number of rotatable bonds is 5. The lowest BCUT2D eigenvalue weighted by Gasteiger charge is -2.18. The molecule has 5 heteroatoms. The minimum Gasteiger partial charge on any atom is -0.479 e. The van der Waals surface area contributed by atoms with Crippen molar-refractivity contribution in [1.82, 2.24) is 0 Å². The van der Waals surface area contributed by atoms with Crippen LogP contribution in [0.5, 0.6) is 5.75 Å². The fourth-order valence-electron chi connectivity index (χ4n) is 1.79. The van der Waals surface area contributed by atoms with Gasteiger partial charge in [0.2, 0.25) is 0 Å². The minimum absolute atomic E-state index is 0.204. The predicted molar refractivity (Wildman–Crippen MR) is 88.9 cm³/mol. The zero-order chi connectivity index (χ0) is 15.2. The molecular formula is C16H15BrClNO2. The number of hydrogen-bond donors (Lipinski definition) is 1. The standard InChI is InChI=1S/C16H15BrClNO2/c1-2-14(21-15-10-6-4-8-12(15)18)16(20)19-13-9-5-3-7-11(13)17/h3-10,14H,2H2,1H3,(H,19,20)/t14-/m0/s1. The highest BCUT2D eigenvalue weighted by Gasteiger charge is 2.20. The Kier molecular flexibility index (Phi) is 5.65. The Balaban J connectivity index is 2.09. The van der Waals surface area contributed by atoms with E-state index in [1.165, 1.54) is 0 Å². The van der Waals surface area contributed by atoms with Gasteiger partial charge in [-0.15, -0.1) is 0 Å². The first-order valence-corrected chi connectivity index (χ1v) is 7.75. The number of carbonyl (C=O) groups excluding carboxylic acids is 1. The van der Waals surface area contributed by atoms with Gasteiger partial charge in [-0.1, -0.05) is 42.8 Å². The quantitative estimate of drug-likeness (QED) is 0.815. The second-order valence-corrected chi connectivity index (χ2v) is 5.68. The lowest BCUT2D eigenvalue weighted by Crippen LogP contribution is -2.32. The summed E-state index contributed by atoms with van der Waals surface area (Å²) in [4.78, 5) is 12.3. The molecular weight excluding hydrogens is 354 g/mol. The molecule has 0 aliphatic rings. The van der Waals surface area contributed by atoms with Crippen LogP contribution >= 0.6 is 27.5 Å². The summed E-state index contributed by atoms with van der Waals surface area (Å²) in [6.07, 6.45) is -0.0568. The van der Waals surface area contributed by atoms with Gasteiger partial charge in [0.05, 0.1) is 10.7 Å². The van der Waals surface area contributed by atoms with Crippen molar-refractivity contribution in [3.8, 4) is 5.75 Å². The topological polar surface area (TPSA) is 38.3 Å². The van der Waals surface area contributed by atoms with Crippen molar-refractivity contribution < 1.29 is 9.53 Å². The van der Waals surface area contributed by atoms with Crippen LogP contribution in [0.3, 0.4) is 0 Å². The average Bonchev–Trinajstić information content (AvgIpc) is 2.48. The van der Waals surface area contributed by atoms with Crippen molar-refractivity contribution >= 4 is 39.1 Å². The molecule has 0 spiro atoms. The first-order valence-electron chi connectivity index (χ1n) is 6.58. The van der Waals surface area contributed by atoms with E-state index in [9.17, 15) is 4.79 Å². The van der Waals surface area contributed by atoms with Gasteiger partial charge < -0.3 is 10.1 Å². The van der Waals surface area contributed by atoms with Crippen LogP contribution in [0, 0.1) is 0 Å². The Morgan fingerprint density at radius 1 is 1.24 bits per heavy atom. The molecule has 2 aromatic rings. The molecule has 0 fully saturated rings. The number of ether oxygens (including phenoxy) is 1. The number of hydrogen-bond acceptors (Lipinski definition) is 2. The molecule has 1 N–H and O–H groups in total. The highest BCUT2D eigenvalue weighted by molar-refractivity contribution is 9.10. The van der Waals surface area contributed by atoms with E-state index in [-0.39, 0.29) is 5.91 Å². The maximum atomic E-state index is 12.3. The van der Waals surface area contributed by atoms with E-state index >= 15 is 0 Å². The summed E-state index contributed by atoms with van der Waals surface area (Å²) in [6.45, 7) is 1.89. The first kappa shape index (κ1) is 15.9. The van der Waals surface area contributed by atoms with Crippen LogP contribution in [-0.4, -0.2) is 12.0 Å². The fourth-order valence-corrected chi connectivity index (χ4v) is 2.36. The summed E-state index contributed by atoms with van der Waals surface area (Å²) in [7, 11) is 0. The smallest absolute Gasteiger partial charge is 0.265 e. The van der Waals surface area contributed by atoms with Crippen LogP contribution in [0.4, 0.5) is 5.69 Å². The molecule has 0 aromatic heterocycles. The van der Waals surface area contributed by atoms with Crippen LogP contribution in [0.15, 0.2) is 53.0 Å². The Labute approximate surface area is 137 Å². The predicted octanol–water partition coefficient (Wildman–Crippen LogP) is 4.90. The van der Waals surface area contributed by atoms with E-state index in [1.807, 2.05) is 43.3 Å². The fraction of sp³-hybridized carbons (Fsp3) is 0.188. The molecule has 1 atom stereocenters. The van der Waals surface area contributed by atoms with Gasteiger partial charge >= 0.3 is 0 Å². The normalized spacial score (nSPS) is 11.8. The lowest BCUT2D eigenvalue weighted by atomic mass is 10.2. The Hall–Kier alpha value is -1.52. The number of nitrogens with one attached hydrogen (secondary N) is 1. The highest BCUT2D eigenvalue weighted by Crippen LogP contribution is 2.26. The van der Waals surface area contributed by atoms with Gasteiger partial charge in [0, 0.05) is 4.47 Å². The number of carbonyl (C=O) groups is 1. The van der Waals surface area contributed by atoms with Crippen molar-refractivity contribution in [2.45, 2.75) is 19.4 Å². The van der Waals surface area contributed by atoms with Gasteiger partial charge in [0.1, 0.15) is 5.75 Å². The van der Waals surface area contributed by atoms with Gasteiger partial charge in [-0.25, -0.2) is 0 Å². The summed E-state index contributed by atoms with van der Waals surface area (Å²) < 4.78 is 6.53. The van der Waals surface area contributed by atoms with Gasteiger partial charge in [-0.3, -0.25) is 4.79 Å². The van der Waals surface area contributed by atoms with Crippen LogP contribution in [-0.2, 0) is 4.79 Å². The Morgan fingerprint density at radius 2 is 1.90 bits per heavy atom. The summed E-state index contributed by atoms with van der Waals surface area (Å²) in [5.41, 5.74) is 0.712. The second kappa shape index (κ2) is 7.48. The molecule has 0 aliphatic carbocycles. The average molecular weight is 369 g/mol. The van der Waals surface area contributed by atoms with Crippen LogP contribution in [0.2, 0.25) is 5.02 Å². The Morgan fingerprint density at radius 3 is 2.57 bits per heavy atom. The summed E-state index contributed by atoms with van der Waals surface area (Å²) in [5, 5.41) is 3.34. The van der Waals surface area contributed by atoms with Crippen molar-refractivity contribution in [3.63, 3.8) is 0 Å². The van der Waals surface area contributed by atoms with E-state index in [0.29, 0.717) is 22.9 Å². The van der Waals surface area contributed by atoms with Crippen LogP contribution in [0.1, 0.15) is 13.3 Å². The monoisotopic (exact) mass is 367 g/mol. The molecule has 0 bridgehead atoms. The van der Waals surface area contributed by atoms with E-state index in [0.717, 1.165) is 4.47 Å². The molecule has 0 radical (unpaired) electrons. The van der Waals surface area contributed by atoms with Crippen molar-refractivity contribution in [1.29, 1.82) is 0 Å². The van der Waals surface area contributed by atoms with E-state index in [2.05, 4.69) is 21.2 Å². The molecule has 3 nitrogen and oxygen atoms in total. The number of anilines is 1. The molecule has 21 heavy (non-hydrogen) atoms. The molecule has 2 aromatic carbocycles. The van der Waals surface area contributed by atoms with Crippen LogP contribution < -0.4 is 10.1 Å². The largest absolute Gasteiger partial charge is 0.479 e. The van der Waals surface area contributed by atoms with Gasteiger partial charge in [-0.2, -0.15) is 0 Å². The third-order valence-electron chi connectivity index (χ3n) is 2.90. The summed E-state index contributed by atoms with van der Waals surface area (Å²) in [5.74, 6) is 0.303. The van der Waals surface area contributed by atoms with Crippen LogP contribution in [0.25, 0.3) is 0 Å². The molecule has 0 heterocycles. The second-order valence-electron chi connectivity index (χ2n) is 4.41. The van der Waals surface area contributed by atoms with E-state index in [4.69, 9.17) is 16.3 Å². The van der Waals surface area contributed by atoms with Gasteiger partial charge in [0.15, 0.2) is 6.10 Å². The molecule has 0 saturated heterocycles. The van der Waals surface area contributed by atoms with Gasteiger partial charge in [-0.05, 0) is 46.6 Å². The van der Waals surface area contributed by atoms with E-state index in [1.54, 1.807) is 12.1 Å². The number of para-hydroxylation sites is 2. The maximum absolute atomic E-state index is 12.3. The van der Waals surface area contributed by atoms with Crippen molar-refractivity contribution in [2.24, 2.45) is 0 Å². The number of amides is 1. The van der Waals surface area contributed by atoms with Gasteiger partial charge in [0.25, 0.3) is 5.91 Å².